The second kappa shape index (κ2) is 5.69. The molecule has 128 valence electrons. The molecule has 0 aliphatic carbocycles. The molecule has 0 saturated carbocycles. The van der Waals surface area contributed by atoms with Crippen LogP contribution in [0.15, 0.2) is 30.3 Å². The number of morpholine rings is 1. The molecular formula is C19H25N3O2. The van der Waals surface area contributed by atoms with E-state index < -0.39 is 5.60 Å². The Bertz CT molecular complexity index is 741. The van der Waals surface area contributed by atoms with Crippen molar-refractivity contribution in [3.63, 3.8) is 0 Å². The molecule has 0 spiro atoms. The van der Waals surface area contributed by atoms with Gasteiger partial charge in [0.25, 0.3) is 0 Å². The first-order valence-electron chi connectivity index (χ1n) is 8.62. The lowest BCUT2D eigenvalue weighted by atomic mass is 9.77. The van der Waals surface area contributed by atoms with Gasteiger partial charge in [0.1, 0.15) is 0 Å². The summed E-state index contributed by atoms with van der Waals surface area (Å²) < 4.78 is 7.63. The number of aliphatic hydroxyl groups is 1. The molecular weight excluding hydrogens is 302 g/mol. The lowest BCUT2D eigenvalue weighted by molar-refractivity contribution is -0.137. The van der Waals surface area contributed by atoms with E-state index in [2.05, 4.69) is 36.1 Å². The number of nitrogens with zero attached hydrogens (tertiary/aromatic N) is 3. The minimum Gasteiger partial charge on any atom is -0.385 e. The van der Waals surface area contributed by atoms with Gasteiger partial charge in [0.15, 0.2) is 0 Å². The van der Waals surface area contributed by atoms with Crippen LogP contribution in [0, 0.1) is 13.8 Å². The van der Waals surface area contributed by atoms with Gasteiger partial charge in [-0.15, -0.1) is 0 Å². The molecule has 2 fully saturated rings. The molecule has 2 saturated heterocycles. The van der Waals surface area contributed by atoms with Crippen molar-refractivity contribution in [1.82, 2.24) is 14.7 Å². The topological polar surface area (TPSA) is 50.5 Å². The van der Waals surface area contributed by atoms with Crippen molar-refractivity contribution in [3.8, 4) is 5.69 Å². The zero-order chi connectivity index (χ0) is 16.9. The van der Waals surface area contributed by atoms with E-state index in [1.807, 2.05) is 29.8 Å². The first kappa shape index (κ1) is 15.8. The minimum atomic E-state index is -0.794. The second-order valence-corrected chi connectivity index (χ2v) is 7.34. The molecule has 0 radical (unpaired) electrons. The predicted molar refractivity (Wildman–Crippen MR) is 92.3 cm³/mol. The molecule has 24 heavy (non-hydrogen) atoms. The predicted octanol–water partition coefficient (Wildman–Crippen LogP) is 2.17. The molecule has 2 bridgehead atoms. The lowest BCUT2D eigenvalue weighted by Gasteiger charge is -2.50. The normalized spacial score (nSPS) is 30.5. The molecule has 2 unspecified atom stereocenters. The summed E-state index contributed by atoms with van der Waals surface area (Å²) in [6, 6.07) is 10.8. The Balaban J connectivity index is 1.69. The minimum absolute atomic E-state index is 0.278. The number of fused-ring (bicyclic) bond motifs is 2. The highest BCUT2D eigenvalue weighted by Crippen LogP contribution is 2.40. The van der Waals surface area contributed by atoms with Crippen molar-refractivity contribution in [1.29, 1.82) is 0 Å². The summed E-state index contributed by atoms with van der Waals surface area (Å²) in [4.78, 5) is 2.36. The highest BCUT2D eigenvalue weighted by atomic mass is 16.5. The van der Waals surface area contributed by atoms with Gasteiger partial charge in [0, 0.05) is 17.8 Å². The fraction of sp³-hybridized carbons (Fsp3) is 0.526. The highest BCUT2D eigenvalue weighted by Gasteiger charge is 2.45. The smallest absolute Gasteiger partial charge is 0.0928 e. The fourth-order valence-corrected chi connectivity index (χ4v) is 4.20. The van der Waals surface area contributed by atoms with Gasteiger partial charge in [0.05, 0.1) is 30.2 Å². The number of likely N-dealkylation sites (N-methyl/N-ethyl adjacent to an activating group) is 1. The van der Waals surface area contributed by atoms with E-state index in [9.17, 15) is 5.11 Å². The largest absolute Gasteiger partial charge is 0.385 e. The number of aryl methyl sites for hydroxylation is 2. The van der Waals surface area contributed by atoms with Gasteiger partial charge in [0.2, 0.25) is 0 Å². The molecule has 5 heteroatoms. The van der Waals surface area contributed by atoms with Crippen LogP contribution in [0.2, 0.25) is 0 Å². The van der Waals surface area contributed by atoms with Gasteiger partial charge in [-0.3, -0.25) is 4.90 Å². The summed E-state index contributed by atoms with van der Waals surface area (Å²) in [5, 5.41) is 16.0. The molecule has 2 atom stereocenters. The third-order valence-electron chi connectivity index (χ3n) is 5.56. The standard InChI is InChI=1S/C19H25N3O2/c1-13-7-14(2)22(20-13)16-6-4-5-15(8-16)19(23)9-17-11-24-12-18(10-19)21(17)3/h4-8,17-18,23H,9-12H2,1-3H3. The first-order chi connectivity index (χ1) is 11.5. The van der Waals surface area contributed by atoms with Crippen molar-refractivity contribution in [2.45, 2.75) is 44.4 Å². The van der Waals surface area contributed by atoms with Crippen LogP contribution in [-0.2, 0) is 10.3 Å². The first-order valence-corrected chi connectivity index (χ1v) is 8.62. The van der Waals surface area contributed by atoms with Crippen molar-refractivity contribution >= 4 is 0 Å². The van der Waals surface area contributed by atoms with Crippen LogP contribution in [-0.4, -0.2) is 52.1 Å². The van der Waals surface area contributed by atoms with E-state index in [1.165, 1.54) is 0 Å². The highest BCUT2D eigenvalue weighted by molar-refractivity contribution is 5.40. The number of rotatable bonds is 2. The van der Waals surface area contributed by atoms with Crippen LogP contribution in [0.3, 0.4) is 0 Å². The van der Waals surface area contributed by atoms with E-state index in [-0.39, 0.29) is 12.1 Å². The van der Waals surface area contributed by atoms with Gasteiger partial charge in [-0.05, 0) is 57.5 Å². The summed E-state index contributed by atoms with van der Waals surface area (Å²) in [7, 11) is 2.14. The van der Waals surface area contributed by atoms with Crippen LogP contribution in [0.1, 0.15) is 29.8 Å². The van der Waals surface area contributed by atoms with E-state index in [1.54, 1.807) is 0 Å². The summed E-state index contributed by atoms with van der Waals surface area (Å²) in [5.74, 6) is 0. The zero-order valence-electron chi connectivity index (χ0n) is 14.6. The third kappa shape index (κ3) is 2.57. The molecule has 1 N–H and O–H groups in total. The Hall–Kier alpha value is -1.69. The fourth-order valence-electron chi connectivity index (χ4n) is 4.20. The Morgan fingerprint density at radius 3 is 2.50 bits per heavy atom. The molecule has 2 aliphatic heterocycles. The summed E-state index contributed by atoms with van der Waals surface area (Å²) in [6.07, 6.45) is 1.42. The number of benzene rings is 1. The monoisotopic (exact) mass is 327 g/mol. The maximum absolute atomic E-state index is 11.4. The maximum Gasteiger partial charge on any atom is 0.0928 e. The van der Waals surface area contributed by atoms with Gasteiger partial charge < -0.3 is 9.84 Å². The van der Waals surface area contributed by atoms with E-state index in [0.29, 0.717) is 26.1 Å². The van der Waals surface area contributed by atoms with E-state index in [4.69, 9.17) is 4.74 Å². The van der Waals surface area contributed by atoms with Crippen molar-refractivity contribution in [2.75, 3.05) is 20.3 Å². The Kier molecular flexibility index (Phi) is 3.75. The SMILES string of the molecule is Cc1cc(C)n(-c2cccc(C3(O)CC4COCC(C3)N4C)c2)n1. The summed E-state index contributed by atoms with van der Waals surface area (Å²) in [6.45, 7) is 5.46. The Labute approximate surface area is 142 Å². The number of hydrogen-bond donors (Lipinski definition) is 1. The van der Waals surface area contributed by atoms with Crippen LogP contribution in [0.4, 0.5) is 0 Å². The van der Waals surface area contributed by atoms with Crippen molar-refractivity contribution < 1.29 is 9.84 Å². The molecule has 5 nitrogen and oxygen atoms in total. The van der Waals surface area contributed by atoms with Crippen molar-refractivity contribution in [3.05, 3.63) is 47.3 Å². The lowest BCUT2D eigenvalue weighted by Crippen LogP contribution is -2.59. The number of ether oxygens (including phenoxy) is 1. The van der Waals surface area contributed by atoms with Crippen LogP contribution >= 0.6 is 0 Å². The molecule has 1 aromatic heterocycles. The van der Waals surface area contributed by atoms with E-state index in [0.717, 1.165) is 22.6 Å². The maximum atomic E-state index is 11.4. The average Bonchev–Trinajstić information content (AvgIpc) is 2.88. The second-order valence-electron chi connectivity index (χ2n) is 7.34. The number of piperidine rings is 1. The van der Waals surface area contributed by atoms with Gasteiger partial charge in [-0.25, -0.2) is 4.68 Å². The van der Waals surface area contributed by atoms with Gasteiger partial charge >= 0.3 is 0 Å². The number of hydrogen-bond acceptors (Lipinski definition) is 4. The Morgan fingerprint density at radius 1 is 1.17 bits per heavy atom. The molecule has 3 heterocycles. The van der Waals surface area contributed by atoms with Crippen LogP contribution in [0.25, 0.3) is 5.69 Å². The van der Waals surface area contributed by atoms with Crippen LogP contribution in [0.5, 0.6) is 0 Å². The Morgan fingerprint density at radius 2 is 1.88 bits per heavy atom. The molecule has 1 aromatic carbocycles. The zero-order valence-corrected chi connectivity index (χ0v) is 14.6. The van der Waals surface area contributed by atoms with Crippen LogP contribution < -0.4 is 0 Å². The molecule has 2 aliphatic rings. The van der Waals surface area contributed by atoms with Gasteiger partial charge in [-0.1, -0.05) is 12.1 Å². The van der Waals surface area contributed by atoms with Crippen molar-refractivity contribution in [2.24, 2.45) is 0 Å². The molecule has 4 rings (SSSR count). The quantitative estimate of drug-likeness (QED) is 0.918. The summed E-state index contributed by atoms with van der Waals surface area (Å²) >= 11 is 0. The van der Waals surface area contributed by atoms with E-state index >= 15 is 0 Å². The third-order valence-corrected chi connectivity index (χ3v) is 5.56. The molecule has 0 amide bonds. The number of aromatic nitrogens is 2. The average molecular weight is 327 g/mol. The van der Waals surface area contributed by atoms with Gasteiger partial charge in [-0.2, -0.15) is 5.10 Å². The summed E-state index contributed by atoms with van der Waals surface area (Å²) in [5.41, 5.74) is 3.30. The molecule has 2 aromatic rings.